The highest BCUT2D eigenvalue weighted by atomic mass is 16.2. The Labute approximate surface area is 67.8 Å². The van der Waals surface area contributed by atoms with Crippen molar-refractivity contribution in [1.29, 1.82) is 0 Å². The van der Waals surface area contributed by atoms with Gasteiger partial charge < -0.3 is 10.2 Å². The van der Waals surface area contributed by atoms with Gasteiger partial charge in [-0.05, 0) is 25.4 Å². The molecule has 0 radical (unpaired) electrons. The van der Waals surface area contributed by atoms with Crippen molar-refractivity contribution < 1.29 is 4.79 Å². The number of carbonyl (C=O) groups is 1. The van der Waals surface area contributed by atoms with Crippen LogP contribution in [-0.4, -0.2) is 37.5 Å². The molecule has 1 aliphatic heterocycles. The predicted molar refractivity (Wildman–Crippen MR) is 44.3 cm³/mol. The van der Waals surface area contributed by atoms with Crippen LogP contribution in [0.25, 0.3) is 0 Å². The topological polar surface area (TPSA) is 32.3 Å². The molecule has 0 saturated carbocycles. The first-order valence-corrected chi connectivity index (χ1v) is 4.12. The minimum Gasteiger partial charge on any atom is -0.346 e. The Morgan fingerprint density at radius 3 is 2.91 bits per heavy atom. The molecule has 0 aliphatic carbocycles. The van der Waals surface area contributed by atoms with Gasteiger partial charge in [-0.2, -0.15) is 0 Å². The summed E-state index contributed by atoms with van der Waals surface area (Å²) in [5, 5.41) is 3.28. The van der Waals surface area contributed by atoms with Crippen molar-refractivity contribution >= 4 is 5.91 Å². The molecule has 1 saturated heterocycles. The van der Waals surface area contributed by atoms with Crippen molar-refractivity contribution in [3.63, 3.8) is 0 Å². The third kappa shape index (κ3) is 2.50. The Bertz CT molecular complexity index is 141. The molecular formula is C8H16N2O. The molecule has 0 spiro atoms. The minimum atomic E-state index is 0.164. The summed E-state index contributed by atoms with van der Waals surface area (Å²) in [5.74, 6) is 0.834. The first-order chi connectivity index (χ1) is 5.20. The summed E-state index contributed by atoms with van der Waals surface area (Å²) < 4.78 is 0. The lowest BCUT2D eigenvalue weighted by molar-refractivity contribution is -0.128. The van der Waals surface area contributed by atoms with Gasteiger partial charge >= 0.3 is 0 Å². The van der Waals surface area contributed by atoms with E-state index in [9.17, 15) is 4.79 Å². The first-order valence-electron chi connectivity index (χ1n) is 4.12. The molecule has 0 bridgehead atoms. The normalized spacial score (nSPS) is 23.6. The van der Waals surface area contributed by atoms with Gasteiger partial charge in [-0.3, -0.25) is 4.79 Å². The zero-order valence-electron chi connectivity index (χ0n) is 7.26. The van der Waals surface area contributed by atoms with Crippen LogP contribution in [0.3, 0.4) is 0 Å². The largest absolute Gasteiger partial charge is 0.346 e. The number of nitrogens with one attached hydrogen (secondary N) is 1. The van der Waals surface area contributed by atoms with Crippen LogP contribution in [0, 0.1) is 5.92 Å². The molecule has 0 aromatic carbocycles. The van der Waals surface area contributed by atoms with E-state index < -0.39 is 0 Å². The van der Waals surface area contributed by atoms with Crippen LogP contribution < -0.4 is 5.32 Å². The van der Waals surface area contributed by atoms with Crippen LogP contribution in [0.2, 0.25) is 0 Å². The van der Waals surface area contributed by atoms with Gasteiger partial charge in [-0.15, -0.1) is 0 Å². The summed E-state index contributed by atoms with van der Waals surface area (Å²) in [6.45, 7) is 4.69. The molecule has 1 heterocycles. The summed E-state index contributed by atoms with van der Waals surface area (Å²) >= 11 is 0. The Balaban J connectivity index is 2.23. The smallest absolute Gasteiger partial charge is 0.219 e. The van der Waals surface area contributed by atoms with Crippen molar-refractivity contribution in [2.24, 2.45) is 5.92 Å². The van der Waals surface area contributed by atoms with Crippen LogP contribution >= 0.6 is 0 Å². The maximum absolute atomic E-state index is 10.8. The molecule has 3 heteroatoms. The van der Waals surface area contributed by atoms with Crippen LogP contribution in [0.5, 0.6) is 0 Å². The first kappa shape index (κ1) is 8.53. The molecule has 0 unspecified atom stereocenters. The molecule has 3 nitrogen and oxygen atoms in total. The van der Waals surface area contributed by atoms with Gasteiger partial charge in [-0.1, -0.05) is 0 Å². The van der Waals surface area contributed by atoms with Gasteiger partial charge in [0.2, 0.25) is 5.91 Å². The van der Waals surface area contributed by atoms with Gasteiger partial charge in [0, 0.05) is 20.5 Å². The van der Waals surface area contributed by atoms with Gasteiger partial charge in [0.1, 0.15) is 0 Å². The lowest BCUT2D eigenvalue weighted by atomic mass is 10.1. The molecule has 1 rings (SSSR count). The minimum absolute atomic E-state index is 0.164. The molecule has 0 aromatic heterocycles. The van der Waals surface area contributed by atoms with E-state index in [0.717, 1.165) is 19.6 Å². The Kier molecular flexibility index (Phi) is 2.88. The molecule has 11 heavy (non-hydrogen) atoms. The van der Waals surface area contributed by atoms with Crippen molar-refractivity contribution in [3.05, 3.63) is 0 Å². The summed E-state index contributed by atoms with van der Waals surface area (Å²) in [5.41, 5.74) is 0. The van der Waals surface area contributed by atoms with Gasteiger partial charge in [0.15, 0.2) is 0 Å². The average molecular weight is 156 g/mol. The summed E-state index contributed by atoms with van der Waals surface area (Å²) in [4.78, 5) is 12.6. The second-order valence-electron chi connectivity index (χ2n) is 3.26. The van der Waals surface area contributed by atoms with Crippen LogP contribution in [0.15, 0.2) is 0 Å². The van der Waals surface area contributed by atoms with Crippen LogP contribution in [0.1, 0.15) is 13.3 Å². The molecule has 0 aromatic rings. The standard InChI is InChI=1S/C8H16N2O/c1-7(11)10(2)6-8-3-4-9-5-8/h8-9H,3-6H2,1-2H3/t8-/m0/s1. The van der Waals surface area contributed by atoms with Crippen molar-refractivity contribution in [2.45, 2.75) is 13.3 Å². The molecule has 1 amide bonds. The van der Waals surface area contributed by atoms with E-state index in [1.54, 1.807) is 11.8 Å². The average Bonchev–Trinajstić information content (AvgIpc) is 2.39. The molecule has 1 fully saturated rings. The third-order valence-electron chi connectivity index (χ3n) is 2.23. The fourth-order valence-corrected chi connectivity index (χ4v) is 1.39. The lowest BCUT2D eigenvalue weighted by Crippen LogP contribution is -2.30. The Morgan fingerprint density at radius 1 is 1.73 bits per heavy atom. The van der Waals surface area contributed by atoms with E-state index in [2.05, 4.69) is 5.32 Å². The van der Waals surface area contributed by atoms with E-state index in [0.29, 0.717) is 5.92 Å². The highest BCUT2D eigenvalue weighted by Gasteiger charge is 2.16. The van der Waals surface area contributed by atoms with Crippen molar-refractivity contribution in [3.8, 4) is 0 Å². The number of hydrogen-bond donors (Lipinski definition) is 1. The van der Waals surface area contributed by atoms with E-state index in [1.807, 2.05) is 7.05 Å². The Morgan fingerprint density at radius 2 is 2.45 bits per heavy atom. The number of hydrogen-bond acceptors (Lipinski definition) is 2. The fourth-order valence-electron chi connectivity index (χ4n) is 1.39. The fraction of sp³-hybridized carbons (Fsp3) is 0.875. The Hall–Kier alpha value is -0.570. The van der Waals surface area contributed by atoms with Crippen molar-refractivity contribution in [2.75, 3.05) is 26.7 Å². The third-order valence-corrected chi connectivity index (χ3v) is 2.23. The van der Waals surface area contributed by atoms with Gasteiger partial charge in [-0.25, -0.2) is 0 Å². The quantitative estimate of drug-likeness (QED) is 0.614. The van der Waals surface area contributed by atoms with Crippen LogP contribution in [-0.2, 0) is 4.79 Å². The van der Waals surface area contributed by atoms with Crippen molar-refractivity contribution in [1.82, 2.24) is 10.2 Å². The highest BCUT2D eigenvalue weighted by Crippen LogP contribution is 2.08. The summed E-state index contributed by atoms with van der Waals surface area (Å²) in [7, 11) is 1.86. The molecule has 1 atom stereocenters. The van der Waals surface area contributed by atoms with Crippen LogP contribution in [0.4, 0.5) is 0 Å². The molecule has 64 valence electrons. The number of carbonyl (C=O) groups excluding carboxylic acids is 1. The van der Waals surface area contributed by atoms with Gasteiger partial charge in [0.05, 0.1) is 0 Å². The molecule has 1 N–H and O–H groups in total. The zero-order chi connectivity index (χ0) is 8.27. The molecule has 1 aliphatic rings. The number of rotatable bonds is 2. The van der Waals surface area contributed by atoms with E-state index in [4.69, 9.17) is 0 Å². The SMILES string of the molecule is CC(=O)N(C)C[C@H]1CCNC1. The summed E-state index contributed by atoms with van der Waals surface area (Å²) in [6.07, 6.45) is 1.21. The van der Waals surface area contributed by atoms with Gasteiger partial charge in [0.25, 0.3) is 0 Å². The highest BCUT2D eigenvalue weighted by molar-refractivity contribution is 5.72. The zero-order valence-corrected chi connectivity index (χ0v) is 7.26. The number of nitrogens with zero attached hydrogens (tertiary/aromatic N) is 1. The maximum Gasteiger partial charge on any atom is 0.219 e. The summed E-state index contributed by atoms with van der Waals surface area (Å²) in [6, 6.07) is 0. The monoisotopic (exact) mass is 156 g/mol. The maximum atomic E-state index is 10.8. The lowest BCUT2D eigenvalue weighted by Gasteiger charge is -2.18. The molecular weight excluding hydrogens is 140 g/mol. The second-order valence-corrected chi connectivity index (χ2v) is 3.26. The number of amides is 1. The van der Waals surface area contributed by atoms with E-state index in [1.165, 1.54) is 6.42 Å². The van der Waals surface area contributed by atoms with E-state index in [-0.39, 0.29) is 5.91 Å². The van der Waals surface area contributed by atoms with E-state index >= 15 is 0 Å². The predicted octanol–water partition coefficient (Wildman–Crippen LogP) is 0.0742. The second kappa shape index (κ2) is 3.72.